The van der Waals surface area contributed by atoms with Crippen molar-refractivity contribution in [2.24, 2.45) is 0 Å². The lowest BCUT2D eigenvalue weighted by molar-refractivity contribution is -0.117. The van der Waals surface area contributed by atoms with Crippen LogP contribution in [0.2, 0.25) is 0 Å². The first-order valence-electron chi connectivity index (χ1n) is 11.3. The Morgan fingerprint density at radius 2 is 1.91 bits per heavy atom. The summed E-state index contributed by atoms with van der Waals surface area (Å²) < 4.78 is 0. The van der Waals surface area contributed by atoms with Crippen molar-refractivity contribution in [1.82, 2.24) is 14.9 Å². The number of nitrogens with one attached hydrogen (secondary N) is 1. The molecule has 0 unspecified atom stereocenters. The van der Waals surface area contributed by atoms with Crippen molar-refractivity contribution in [3.8, 4) is 0 Å². The molecular weight excluding hydrogens is 408 g/mol. The first-order valence-corrected chi connectivity index (χ1v) is 11.3. The van der Waals surface area contributed by atoms with Gasteiger partial charge in [-0.15, -0.1) is 0 Å². The molecule has 2 saturated heterocycles. The van der Waals surface area contributed by atoms with Crippen molar-refractivity contribution < 1.29 is 14.7 Å². The minimum absolute atomic E-state index is 0.0675. The number of amides is 1. The summed E-state index contributed by atoms with van der Waals surface area (Å²) in [5.74, 6) is 0.808. The van der Waals surface area contributed by atoms with E-state index in [0.717, 1.165) is 75.0 Å². The van der Waals surface area contributed by atoms with E-state index in [4.69, 9.17) is 5.11 Å². The van der Waals surface area contributed by atoms with Crippen LogP contribution in [0.5, 0.6) is 0 Å². The lowest BCUT2D eigenvalue weighted by atomic mass is 10.1. The number of piperazine rings is 1. The van der Waals surface area contributed by atoms with E-state index < -0.39 is 5.97 Å². The maximum atomic E-state index is 12.3. The number of carboxylic acid groups (broad SMARTS) is 1. The summed E-state index contributed by atoms with van der Waals surface area (Å²) in [6.07, 6.45) is 5.25. The summed E-state index contributed by atoms with van der Waals surface area (Å²) in [4.78, 5) is 38.9. The maximum Gasteiger partial charge on any atom is 0.337 e. The van der Waals surface area contributed by atoms with Gasteiger partial charge in [0.05, 0.1) is 11.3 Å². The van der Waals surface area contributed by atoms with Gasteiger partial charge in [-0.1, -0.05) is 13.8 Å². The van der Waals surface area contributed by atoms with Gasteiger partial charge < -0.3 is 20.2 Å². The Kier molecular flexibility index (Phi) is 6.55. The van der Waals surface area contributed by atoms with E-state index in [0.29, 0.717) is 0 Å². The van der Waals surface area contributed by atoms with Crippen LogP contribution in [-0.2, 0) is 11.3 Å². The van der Waals surface area contributed by atoms with Crippen molar-refractivity contribution in [3.63, 3.8) is 0 Å². The molecule has 0 radical (unpaired) electrons. The van der Waals surface area contributed by atoms with Crippen LogP contribution in [-0.4, -0.2) is 70.6 Å². The van der Waals surface area contributed by atoms with E-state index in [1.807, 2.05) is 26.1 Å². The third kappa shape index (κ3) is 4.38. The molecule has 5 heterocycles. The van der Waals surface area contributed by atoms with Gasteiger partial charge in [-0.2, -0.15) is 0 Å². The molecule has 0 saturated carbocycles. The number of fused-ring (bicyclic) bond motifs is 3. The molecule has 0 spiro atoms. The van der Waals surface area contributed by atoms with Crippen LogP contribution in [0.25, 0.3) is 0 Å². The van der Waals surface area contributed by atoms with Gasteiger partial charge in [0, 0.05) is 51.7 Å². The monoisotopic (exact) mass is 438 g/mol. The molecule has 2 aromatic heterocycles. The second-order valence-electron chi connectivity index (χ2n) is 8.03. The minimum Gasteiger partial charge on any atom is -0.478 e. The molecule has 170 valence electrons. The van der Waals surface area contributed by atoms with Crippen molar-refractivity contribution in [3.05, 3.63) is 41.7 Å². The van der Waals surface area contributed by atoms with Gasteiger partial charge in [0.2, 0.25) is 5.91 Å². The van der Waals surface area contributed by atoms with Gasteiger partial charge >= 0.3 is 5.97 Å². The second-order valence-corrected chi connectivity index (χ2v) is 8.03. The van der Waals surface area contributed by atoms with Crippen LogP contribution in [0.1, 0.15) is 42.6 Å². The number of aromatic nitrogens is 2. The second kappa shape index (κ2) is 9.52. The molecule has 0 aromatic carbocycles. The average molecular weight is 439 g/mol. The van der Waals surface area contributed by atoms with E-state index in [2.05, 4.69) is 30.0 Å². The van der Waals surface area contributed by atoms with Gasteiger partial charge in [-0.3, -0.25) is 9.69 Å². The van der Waals surface area contributed by atoms with Gasteiger partial charge in [0.25, 0.3) is 0 Å². The summed E-state index contributed by atoms with van der Waals surface area (Å²) in [5, 5.41) is 12.0. The highest BCUT2D eigenvalue weighted by molar-refractivity contribution is 6.03. The molecule has 9 nitrogen and oxygen atoms in total. The van der Waals surface area contributed by atoms with Crippen molar-refractivity contribution in [2.45, 2.75) is 39.3 Å². The number of aromatic carboxylic acids is 1. The van der Waals surface area contributed by atoms with E-state index in [-0.39, 0.29) is 17.5 Å². The molecular formula is C23H30N6O3. The predicted octanol–water partition coefficient (Wildman–Crippen LogP) is 2.44. The number of hydrogen-bond donors (Lipinski definition) is 2. The first-order chi connectivity index (χ1) is 15.6. The number of hydrogen-bond acceptors (Lipinski definition) is 7. The van der Waals surface area contributed by atoms with Gasteiger partial charge in [-0.05, 0) is 36.6 Å². The molecule has 9 heteroatoms. The molecule has 1 amide bonds. The Morgan fingerprint density at radius 1 is 1.12 bits per heavy atom. The van der Waals surface area contributed by atoms with Crippen LogP contribution >= 0.6 is 0 Å². The Labute approximate surface area is 188 Å². The summed E-state index contributed by atoms with van der Waals surface area (Å²) in [6.45, 7) is 9.06. The molecule has 3 aliphatic rings. The summed E-state index contributed by atoms with van der Waals surface area (Å²) in [5.41, 5.74) is 2.10. The highest BCUT2D eigenvalue weighted by atomic mass is 16.4. The zero-order chi connectivity index (χ0) is 22.7. The van der Waals surface area contributed by atoms with Crippen molar-refractivity contribution in [1.29, 1.82) is 0 Å². The van der Waals surface area contributed by atoms with Crippen molar-refractivity contribution in [2.75, 3.05) is 47.8 Å². The third-order valence-electron chi connectivity index (χ3n) is 6.11. The fraction of sp³-hybridized carbons (Fsp3) is 0.478. The zero-order valence-corrected chi connectivity index (χ0v) is 18.6. The summed E-state index contributed by atoms with van der Waals surface area (Å²) >= 11 is 0. The summed E-state index contributed by atoms with van der Waals surface area (Å²) in [6, 6.07) is 5.34. The van der Waals surface area contributed by atoms with Gasteiger partial charge in [0.1, 0.15) is 11.9 Å². The maximum absolute atomic E-state index is 12.3. The van der Waals surface area contributed by atoms with Crippen molar-refractivity contribution >= 4 is 29.2 Å². The standard InChI is InChI=1S/C21H24N6O3.C2H6/c28-20-17-2-1-5-27(17)19-16(24-20)10-14(11-23-19)13-25-6-8-26(9-7-25)18-4-3-15(12-22-18)21(29)30;1-2/h3-4,10-12,17H,1-2,5-9,13H2,(H,24,28)(H,29,30);1-2H3/t17-;/m0./s1. The van der Waals surface area contributed by atoms with E-state index in [9.17, 15) is 9.59 Å². The molecule has 2 N–H and O–H groups in total. The van der Waals surface area contributed by atoms with Crippen LogP contribution in [0.3, 0.4) is 0 Å². The Bertz CT molecular complexity index is 972. The highest BCUT2D eigenvalue weighted by Gasteiger charge is 2.37. The lowest BCUT2D eigenvalue weighted by Gasteiger charge is -2.36. The van der Waals surface area contributed by atoms with E-state index >= 15 is 0 Å². The molecule has 0 aliphatic carbocycles. The quantitative estimate of drug-likeness (QED) is 0.751. The SMILES string of the molecule is CC.O=C(O)c1ccc(N2CCN(Cc3cnc4c(c3)NC(=O)[C@@H]3CCCN43)CC2)nc1. The number of anilines is 3. The van der Waals surface area contributed by atoms with Crippen LogP contribution in [0, 0.1) is 0 Å². The minimum atomic E-state index is -0.964. The fourth-order valence-electron chi connectivity index (χ4n) is 4.51. The molecule has 5 rings (SSSR count). The topological polar surface area (TPSA) is 102 Å². The highest BCUT2D eigenvalue weighted by Crippen LogP contribution is 2.35. The Morgan fingerprint density at radius 3 is 2.59 bits per heavy atom. The number of carbonyl (C=O) groups is 2. The average Bonchev–Trinajstić information content (AvgIpc) is 3.32. The number of nitrogens with zero attached hydrogens (tertiary/aromatic N) is 5. The molecule has 32 heavy (non-hydrogen) atoms. The Balaban J connectivity index is 0.00000119. The predicted molar refractivity (Wildman–Crippen MR) is 123 cm³/mol. The zero-order valence-electron chi connectivity index (χ0n) is 18.6. The molecule has 2 fully saturated rings. The van der Waals surface area contributed by atoms with E-state index in [1.54, 1.807) is 12.1 Å². The molecule has 0 bridgehead atoms. The lowest BCUT2D eigenvalue weighted by Crippen LogP contribution is -2.46. The smallest absolute Gasteiger partial charge is 0.337 e. The molecule has 3 aliphatic heterocycles. The molecule has 1 atom stereocenters. The van der Waals surface area contributed by atoms with Gasteiger partial charge in [-0.25, -0.2) is 14.8 Å². The fourth-order valence-corrected chi connectivity index (χ4v) is 4.51. The number of carbonyl (C=O) groups excluding carboxylic acids is 1. The third-order valence-corrected chi connectivity index (χ3v) is 6.11. The largest absolute Gasteiger partial charge is 0.478 e. The molecule has 2 aromatic rings. The summed E-state index contributed by atoms with van der Waals surface area (Å²) in [7, 11) is 0. The van der Waals surface area contributed by atoms with Crippen LogP contribution < -0.4 is 15.1 Å². The first kappa shape index (κ1) is 22.0. The van der Waals surface area contributed by atoms with Crippen LogP contribution in [0.15, 0.2) is 30.6 Å². The number of pyridine rings is 2. The van der Waals surface area contributed by atoms with Gasteiger partial charge in [0.15, 0.2) is 5.82 Å². The van der Waals surface area contributed by atoms with E-state index in [1.165, 1.54) is 6.20 Å². The normalized spacial score (nSPS) is 20.1. The number of rotatable bonds is 4. The number of carboxylic acids is 1. The van der Waals surface area contributed by atoms with Crippen LogP contribution in [0.4, 0.5) is 17.3 Å². The Hall–Kier alpha value is -3.20.